The van der Waals surface area contributed by atoms with Gasteiger partial charge in [-0.2, -0.15) is 12.7 Å². The van der Waals surface area contributed by atoms with Crippen LogP contribution in [-0.4, -0.2) is 43.1 Å². The van der Waals surface area contributed by atoms with Gasteiger partial charge in [0.25, 0.3) is 10.2 Å². The van der Waals surface area contributed by atoms with Crippen molar-refractivity contribution in [2.45, 2.75) is 38.8 Å². The molecule has 0 aromatic heterocycles. The molecule has 1 heterocycles. The van der Waals surface area contributed by atoms with E-state index in [0.717, 1.165) is 0 Å². The minimum absolute atomic E-state index is 0.0255. The van der Waals surface area contributed by atoms with Crippen LogP contribution in [0.4, 0.5) is 0 Å². The van der Waals surface area contributed by atoms with Gasteiger partial charge in [0.05, 0.1) is 6.10 Å². The van der Waals surface area contributed by atoms with Gasteiger partial charge in [-0.1, -0.05) is 6.92 Å². The quantitative estimate of drug-likeness (QED) is 0.688. The third kappa shape index (κ3) is 2.66. The number of piperidine rings is 1. The predicted octanol–water partition coefficient (Wildman–Crippen LogP) is -0.314. The maximum atomic E-state index is 11.6. The molecule has 0 aromatic rings. The first-order valence-electron chi connectivity index (χ1n) is 4.92. The topological polar surface area (TPSA) is 69.6 Å². The van der Waals surface area contributed by atoms with E-state index in [-0.39, 0.29) is 12.6 Å². The van der Waals surface area contributed by atoms with Crippen LogP contribution in [0.25, 0.3) is 0 Å². The molecule has 1 fully saturated rings. The number of nitrogens with zero attached hydrogens (tertiary/aromatic N) is 1. The molecule has 1 aliphatic rings. The highest BCUT2D eigenvalue weighted by molar-refractivity contribution is 7.87. The third-order valence-electron chi connectivity index (χ3n) is 2.44. The number of nitrogens with one attached hydrogen (secondary N) is 1. The summed E-state index contributed by atoms with van der Waals surface area (Å²) in [6.45, 7) is 4.18. The van der Waals surface area contributed by atoms with Crippen molar-refractivity contribution in [2.75, 3.05) is 13.1 Å². The lowest BCUT2D eigenvalue weighted by Crippen LogP contribution is -2.51. The van der Waals surface area contributed by atoms with Crippen LogP contribution in [0.5, 0.6) is 0 Å². The average Bonchev–Trinajstić information content (AvgIpc) is 2.09. The number of aliphatic hydroxyl groups excluding tert-OH is 1. The molecule has 0 aromatic carbocycles. The lowest BCUT2D eigenvalue weighted by Gasteiger charge is -2.34. The number of hydrogen-bond donors (Lipinski definition) is 2. The van der Waals surface area contributed by atoms with E-state index in [0.29, 0.717) is 19.4 Å². The van der Waals surface area contributed by atoms with E-state index in [1.807, 2.05) is 6.92 Å². The molecule has 14 heavy (non-hydrogen) atoms. The van der Waals surface area contributed by atoms with Crippen molar-refractivity contribution in [3.05, 3.63) is 0 Å². The van der Waals surface area contributed by atoms with Gasteiger partial charge >= 0.3 is 0 Å². The van der Waals surface area contributed by atoms with Crippen molar-refractivity contribution < 1.29 is 13.5 Å². The second-order valence-electron chi connectivity index (χ2n) is 3.65. The highest BCUT2D eigenvalue weighted by Gasteiger charge is 2.32. The molecule has 0 bridgehead atoms. The summed E-state index contributed by atoms with van der Waals surface area (Å²) in [7, 11) is -3.39. The molecule has 1 saturated heterocycles. The average molecular weight is 222 g/mol. The maximum Gasteiger partial charge on any atom is 0.279 e. The molecular weight excluding hydrogens is 204 g/mol. The minimum atomic E-state index is -3.39. The number of hydrogen-bond acceptors (Lipinski definition) is 3. The fourth-order valence-corrected chi connectivity index (χ4v) is 3.14. The molecule has 0 amide bonds. The second kappa shape index (κ2) is 4.57. The van der Waals surface area contributed by atoms with E-state index in [1.54, 1.807) is 6.92 Å². The molecule has 1 aliphatic heterocycles. The first-order chi connectivity index (χ1) is 6.47. The smallest absolute Gasteiger partial charge is 0.279 e. The Balaban J connectivity index is 2.74. The summed E-state index contributed by atoms with van der Waals surface area (Å²) < 4.78 is 27.1. The van der Waals surface area contributed by atoms with Gasteiger partial charge in [-0.3, -0.25) is 0 Å². The zero-order valence-corrected chi connectivity index (χ0v) is 9.42. The molecule has 0 aliphatic carbocycles. The Bertz CT molecular complexity index is 278. The van der Waals surface area contributed by atoms with E-state index >= 15 is 0 Å². The van der Waals surface area contributed by atoms with Crippen molar-refractivity contribution in [1.29, 1.82) is 0 Å². The molecule has 0 saturated carbocycles. The maximum absolute atomic E-state index is 11.6. The molecule has 6 heteroatoms. The van der Waals surface area contributed by atoms with E-state index < -0.39 is 16.3 Å². The first kappa shape index (κ1) is 11.9. The molecule has 5 nitrogen and oxygen atoms in total. The van der Waals surface area contributed by atoms with Gasteiger partial charge in [-0.05, 0) is 19.8 Å². The Kier molecular flexibility index (Phi) is 3.88. The van der Waals surface area contributed by atoms with Gasteiger partial charge in [0.2, 0.25) is 0 Å². The van der Waals surface area contributed by atoms with E-state index in [1.165, 1.54) is 4.31 Å². The normalized spacial score (nSPS) is 30.5. The standard InChI is InChI=1S/C8H18N2O3S/c1-3-9-14(12,13)10-6-8(11)5-4-7(10)2/h7-9,11H,3-6H2,1-2H3. The fraction of sp³-hybridized carbons (Fsp3) is 1.00. The zero-order valence-electron chi connectivity index (χ0n) is 8.60. The van der Waals surface area contributed by atoms with Crippen LogP contribution in [-0.2, 0) is 10.2 Å². The number of rotatable bonds is 3. The first-order valence-corrected chi connectivity index (χ1v) is 6.36. The van der Waals surface area contributed by atoms with Gasteiger partial charge in [0, 0.05) is 19.1 Å². The van der Waals surface area contributed by atoms with Crippen LogP contribution in [0.1, 0.15) is 26.7 Å². The van der Waals surface area contributed by atoms with Crippen molar-refractivity contribution in [2.24, 2.45) is 0 Å². The van der Waals surface area contributed by atoms with Crippen molar-refractivity contribution >= 4 is 10.2 Å². The van der Waals surface area contributed by atoms with Gasteiger partial charge in [0.15, 0.2) is 0 Å². The van der Waals surface area contributed by atoms with Crippen molar-refractivity contribution in [1.82, 2.24) is 9.03 Å². The molecular formula is C8H18N2O3S. The predicted molar refractivity (Wildman–Crippen MR) is 54.0 cm³/mol. The van der Waals surface area contributed by atoms with Crippen molar-refractivity contribution in [3.63, 3.8) is 0 Å². The Morgan fingerprint density at radius 1 is 1.50 bits per heavy atom. The summed E-state index contributed by atoms with van der Waals surface area (Å²) in [4.78, 5) is 0. The van der Waals surface area contributed by atoms with Gasteiger partial charge in [-0.15, -0.1) is 0 Å². The SMILES string of the molecule is CCNS(=O)(=O)N1CC(O)CCC1C. The second-order valence-corrected chi connectivity index (χ2v) is 5.36. The summed E-state index contributed by atoms with van der Waals surface area (Å²) in [5.41, 5.74) is 0. The Hall–Kier alpha value is -0.170. The summed E-state index contributed by atoms with van der Waals surface area (Å²) in [6.07, 6.45) is 0.866. The molecule has 2 N–H and O–H groups in total. The lowest BCUT2D eigenvalue weighted by atomic mass is 10.0. The Morgan fingerprint density at radius 2 is 2.14 bits per heavy atom. The van der Waals surface area contributed by atoms with Gasteiger partial charge in [-0.25, -0.2) is 4.72 Å². The van der Waals surface area contributed by atoms with E-state index in [2.05, 4.69) is 4.72 Å². The lowest BCUT2D eigenvalue weighted by molar-refractivity contribution is 0.0849. The van der Waals surface area contributed by atoms with Crippen LogP contribution < -0.4 is 4.72 Å². The van der Waals surface area contributed by atoms with E-state index in [4.69, 9.17) is 0 Å². The molecule has 1 rings (SSSR count). The molecule has 2 unspecified atom stereocenters. The number of aliphatic hydroxyl groups is 1. The van der Waals surface area contributed by atoms with Crippen LogP contribution in [0.15, 0.2) is 0 Å². The molecule has 0 spiro atoms. The summed E-state index contributed by atoms with van der Waals surface area (Å²) in [5, 5.41) is 9.40. The summed E-state index contributed by atoms with van der Waals surface area (Å²) in [6, 6.07) is -0.0255. The van der Waals surface area contributed by atoms with Crippen molar-refractivity contribution in [3.8, 4) is 0 Å². The Labute approximate surface area is 85.3 Å². The van der Waals surface area contributed by atoms with Crippen LogP contribution in [0.3, 0.4) is 0 Å². The van der Waals surface area contributed by atoms with E-state index in [9.17, 15) is 13.5 Å². The Morgan fingerprint density at radius 3 is 2.71 bits per heavy atom. The van der Waals surface area contributed by atoms with Crippen LogP contribution in [0, 0.1) is 0 Å². The molecule has 2 atom stereocenters. The zero-order chi connectivity index (χ0) is 10.8. The third-order valence-corrected chi connectivity index (χ3v) is 4.22. The fourth-order valence-electron chi connectivity index (χ4n) is 1.66. The van der Waals surface area contributed by atoms with Gasteiger partial charge in [0.1, 0.15) is 0 Å². The van der Waals surface area contributed by atoms with Crippen LogP contribution >= 0.6 is 0 Å². The highest BCUT2D eigenvalue weighted by Crippen LogP contribution is 2.19. The summed E-state index contributed by atoms with van der Waals surface area (Å²) >= 11 is 0. The largest absolute Gasteiger partial charge is 0.392 e. The van der Waals surface area contributed by atoms with Gasteiger partial charge < -0.3 is 5.11 Å². The summed E-state index contributed by atoms with van der Waals surface area (Å²) in [5.74, 6) is 0. The highest BCUT2D eigenvalue weighted by atomic mass is 32.2. The monoisotopic (exact) mass is 222 g/mol. The molecule has 0 radical (unpaired) electrons. The van der Waals surface area contributed by atoms with Crippen LogP contribution in [0.2, 0.25) is 0 Å². The minimum Gasteiger partial charge on any atom is -0.392 e. The number of β-amino-alcohol motifs (C(OH)–C–C–N with tert-alkyl or cyclic N) is 1. The molecule has 84 valence electrons.